The van der Waals surface area contributed by atoms with Crippen LogP contribution in [-0.2, 0) is 6.54 Å². The van der Waals surface area contributed by atoms with Gasteiger partial charge in [0.1, 0.15) is 0 Å². The van der Waals surface area contributed by atoms with Gasteiger partial charge in [0.05, 0.1) is 51.0 Å². The van der Waals surface area contributed by atoms with E-state index in [9.17, 15) is 4.79 Å². The normalized spacial score (nSPS) is 11.9. The molecule has 1 aromatic heterocycles. The molecular weight excluding hydrogens is 250 g/mol. The molecule has 0 bridgehead atoms. The number of hydrogen-bond donors (Lipinski definition) is 0. The highest BCUT2D eigenvalue weighted by atomic mass is 16.1. The minimum atomic E-state index is 0.0612. The third kappa shape index (κ3) is 3.45. The predicted molar refractivity (Wildman–Crippen MR) is 82.8 cm³/mol. The van der Waals surface area contributed by atoms with Crippen LogP contribution >= 0.6 is 0 Å². The molecule has 0 saturated heterocycles. The number of hydrogen-bond acceptors (Lipinski definition) is 2. The van der Waals surface area contributed by atoms with Gasteiger partial charge in [-0.25, -0.2) is 4.98 Å². The van der Waals surface area contributed by atoms with Crippen LogP contribution in [0.25, 0.3) is 10.9 Å². The topological polar surface area (TPSA) is 34.9 Å². The zero-order valence-electron chi connectivity index (χ0n) is 12.7. The summed E-state index contributed by atoms with van der Waals surface area (Å²) < 4.78 is 2.67. The molecule has 1 heterocycles. The fraction of sp³-hybridized carbons (Fsp3) is 0.500. The molecule has 2 rings (SSSR count). The average Bonchev–Trinajstić information content (AvgIpc) is 2.45. The number of quaternary nitrogens is 1. The van der Waals surface area contributed by atoms with E-state index in [2.05, 4.69) is 26.0 Å². The lowest BCUT2D eigenvalue weighted by Crippen LogP contribution is -2.43. The van der Waals surface area contributed by atoms with E-state index in [1.54, 1.807) is 10.9 Å². The fourth-order valence-electron chi connectivity index (χ4n) is 2.34. The number of para-hydroxylation sites is 1. The van der Waals surface area contributed by atoms with Gasteiger partial charge >= 0.3 is 0 Å². The van der Waals surface area contributed by atoms with Crippen LogP contribution in [-0.4, -0.2) is 41.2 Å². The molecule has 0 fully saturated rings. The van der Waals surface area contributed by atoms with Gasteiger partial charge in [0.25, 0.3) is 5.56 Å². The predicted octanol–water partition coefficient (Wildman–Crippen LogP) is 2.27. The monoisotopic (exact) mass is 274 g/mol. The van der Waals surface area contributed by atoms with Crippen molar-refractivity contribution in [2.45, 2.75) is 26.3 Å². The summed E-state index contributed by atoms with van der Waals surface area (Å²) in [6.07, 6.45) is 4.10. The number of aromatic nitrogens is 2. The van der Waals surface area contributed by atoms with E-state index in [0.717, 1.165) is 23.1 Å². The summed E-state index contributed by atoms with van der Waals surface area (Å²) in [7, 11) is 4.43. The fourth-order valence-corrected chi connectivity index (χ4v) is 2.34. The maximum absolute atomic E-state index is 12.4. The lowest BCUT2D eigenvalue weighted by molar-refractivity contribution is -0.891. The summed E-state index contributed by atoms with van der Waals surface area (Å²) in [5.41, 5.74) is 0.833. The number of benzene rings is 1. The molecule has 0 atom stereocenters. The smallest absolute Gasteiger partial charge is 0.261 e. The molecule has 0 spiro atoms. The molecule has 20 heavy (non-hydrogen) atoms. The Morgan fingerprint density at radius 3 is 2.70 bits per heavy atom. The number of likely N-dealkylation sites (N-methyl/N-ethyl adjacent to an activating group) is 1. The molecule has 108 valence electrons. The molecule has 4 heteroatoms. The van der Waals surface area contributed by atoms with Crippen LogP contribution in [0.3, 0.4) is 0 Å². The van der Waals surface area contributed by atoms with Crippen LogP contribution in [0, 0.1) is 0 Å². The maximum atomic E-state index is 12.4. The Bertz CT molecular complexity index is 631. The second-order valence-electron chi connectivity index (χ2n) is 6.00. The van der Waals surface area contributed by atoms with Crippen LogP contribution in [0.15, 0.2) is 35.4 Å². The van der Waals surface area contributed by atoms with E-state index in [-0.39, 0.29) is 5.56 Å². The summed E-state index contributed by atoms with van der Waals surface area (Å²) in [5.74, 6) is 0. The van der Waals surface area contributed by atoms with E-state index in [1.165, 1.54) is 12.8 Å². The molecule has 1 aromatic carbocycles. The number of rotatable bonds is 6. The summed E-state index contributed by atoms with van der Waals surface area (Å²) in [6, 6.07) is 7.52. The SMILES string of the molecule is CCCC[N+](C)(C)CCn1cnc2ccccc2c1=O. The van der Waals surface area contributed by atoms with E-state index >= 15 is 0 Å². The van der Waals surface area contributed by atoms with Gasteiger partial charge in [0.2, 0.25) is 0 Å². The van der Waals surface area contributed by atoms with Crippen molar-refractivity contribution in [1.82, 2.24) is 9.55 Å². The molecule has 0 radical (unpaired) electrons. The van der Waals surface area contributed by atoms with Gasteiger partial charge in [-0.05, 0) is 18.6 Å². The van der Waals surface area contributed by atoms with Crippen molar-refractivity contribution in [1.29, 1.82) is 0 Å². The van der Waals surface area contributed by atoms with Crippen molar-refractivity contribution in [2.75, 3.05) is 27.2 Å². The van der Waals surface area contributed by atoms with Crippen molar-refractivity contribution in [2.24, 2.45) is 0 Å². The molecule has 0 aliphatic heterocycles. The van der Waals surface area contributed by atoms with Gasteiger partial charge in [0.15, 0.2) is 0 Å². The summed E-state index contributed by atoms with van der Waals surface area (Å²) >= 11 is 0. The number of fused-ring (bicyclic) bond motifs is 1. The number of unbranched alkanes of at least 4 members (excludes halogenated alkanes) is 1. The molecule has 0 unspecified atom stereocenters. The largest absolute Gasteiger partial charge is 0.327 e. The Balaban J connectivity index is 2.14. The molecule has 0 amide bonds. The van der Waals surface area contributed by atoms with E-state index in [0.29, 0.717) is 11.9 Å². The molecule has 0 aliphatic carbocycles. The van der Waals surface area contributed by atoms with Gasteiger partial charge in [-0.3, -0.25) is 9.36 Å². The van der Waals surface area contributed by atoms with E-state index < -0.39 is 0 Å². The Labute approximate surface area is 120 Å². The first-order chi connectivity index (χ1) is 9.53. The summed E-state index contributed by atoms with van der Waals surface area (Å²) in [5, 5.41) is 0.703. The van der Waals surface area contributed by atoms with Gasteiger partial charge in [0, 0.05) is 0 Å². The lowest BCUT2D eigenvalue weighted by atomic mass is 10.2. The molecule has 0 N–H and O–H groups in total. The van der Waals surface area contributed by atoms with E-state index in [1.807, 2.05) is 24.3 Å². The molecule has 0 saturated carbocycles. The second kappa shape index (κ2) is 6.18. The van der Waals surface area contributed by atoms with Crippen LogP contribution in [0.5, 0.6) is 0 Å². The highest BCUT2D eigenvalue weighted by Crippen LogP contribution is 2.06. The first kappa shape index (κ1) is 14.7. The lowest BCUT2D eigenvalue weighted by Gasteiger charge is -2.29. The third-order valence-corrected chi connectivity index (χ3v) is 3.79. The highest BCUT2D eigenvalue weighted by Gasteiger charge is 2.14. The Hall–Kier alpha value is -1.68. The third-order valence-electron chi connectivity index (χ3n) is 3.79. The first-order valence-corrected chi connectivity index (χ1v) is 7.30. The minimum absolute atomic E-state index is 0.0612. The number of nitrogens with zero attached hydrogens (tertiary/aromatic N) is 3. The highest BCUT2D eigenvalue weighted by molar-refractivity contribution is 5.76. The van der Waals surface area contributed by atoms with Gasteiger partial charge in [-0.15, -0.1) is 0 Å². The summed E-state index contributed by atoms with van der Waals surface area (Å²) in [6.45, 7) is 5.01. The average molecular weight is 274 g/mol. The Morgan fingerprint density at radius 2 is 1.95 bits per heavy atom. The van der Waals surface area contributed by atoms with Gasteiger partial charge in [-0.1, -0.05) is 25.5 Å². The summed E-state index contributed by atoms with van der Waals surface area (Å²) in [4.78, 5) is 16.7. The van der Waals surface area contributed by atoms with Gasteiger partial charge in [-0.2, -0.15) is 0 Å². The first-order valence-electron chi connectivity index (χ1n) is 7.30. The molecular formula is C16H24N3O+. The zero-order valence-corrected chi connectivity index (χ0v) is 12.7. The quantitative estimate of drug-likeness (QED) is 0.757. The molecule has 2 aromatic rings. The molecule has 0 aliphatic rings. The van der Waals surface area contributed by atoms with Crippen LogP contribution in [0.2, 0.25) is 0 Å². The van der Waals surface area contributed by atoms with Crippen molar-refractivity contribution < 1.29 is 4.48 Å². The van der Waals surface area contributed by atoms with Crippen LogP contribution in [0.4, 0.5) is 0 Å². The zero-order chi connectivity index (χ0) is 14.6. The van der Waals surface area contributed by atoms with E-state index in [4.69, 9.17) is 0 Å². The maximum Gasteiger partial charge on any atom is 0.261 e. The molecule has 4 nitrogen and oxygen atoms in total. The second-order valence-corrected chi connectivity index (χ2v) is 6.00. The minimum Gasteiger partial charge on any atom is -0.327 e. The van der Waals surface area contributed by atoms with Crippen molar-refractivity contribution in [3.8, 4) is 0 Å². The van der Waals surface area contributed by atoms with Gasteiger partial charge < -0.3 is 4.48 Å². The Morgan fingerprint density at radius 1 is 1.20 bits per heavy atom. The Kier molecular flexibility index (Phi) is 4.55. The van der Waals surface area contributed by atoms with Crippen molar-refractivity contribution in [3.63, 3.8) is 0 Å². The van der Waals surface area contributed by atoms with Crippen LogP contribution < -0.4 is 5.56 Å². The van der Waals surface area contributed by atoms with Crippen LogP contribution in [0.1, 0.15) is 19.8 Å². The van der Waals surface area contributed by atoms with Crippen molar-refractivity contribution >= 4 is 10.9 Å². The standard InChI is InChI=1S/C16H24N3O/c1-4-5-11-19(2,3)12-10-18-13-17-15-9-7-6-8-14(15)16(18)20/h6-9,13H,4-5,10-12H2,1-3H3/q+1. The van der Waals surface area contributed by atoms with Crippen molar-refractivity contribution in [3.05, 3.63) is 40.9 Å².